The van der Waals surface area contributed by atoms with Crippen LogP contribution >= 0.6 is 0 Å². The number of aliphatic imine (C=N–C) groups is 3. The molecular weight excluding hydrogens is 408 g/mol. The monoisotopic (exact) mass is 434 g/mol. The van der Waals surface area contributed by atoms with Crippen molar-refractivity contribution >= 4 is 18.2 Å². The summed E-state index contributed by atoms with van der Waals surface area (Å²) in [5.41, 5.74) is -2.33. The number of hydrogen-bond acceptors (Lipinski definition) is 9. The average Bonchev–Trinajstić information content (AvgIpc) is 2.76. The van der Waals surface area contributed by atoms with Gasteiger partial charge in [-0.2, -0.15) is 4.99 Å². The molecule has 1 heterocycles. The molecule has 1 rings (SSSR count). The molecule has 0 aromatic carbocycles. The summed E-state index contributed by atoms with van der Waals surface area (Å²) in [4.78, 5) is 78.6. The minimum atomic E-state index is -0.817. The Morgan fingerprint density at radius 3 is 1.32 bits per heavy atom. The molecule has 12 nitrogen and oxygen atoms in total. The standard InChI is InChI=1S/C19H26N6O6/c26-14-20-9-5-1-3-7-11-23-17(29)24(12-8-4-2-6-10-21-15-27)19(31)25(18(23)30)13-22-16-28/h1-13H2. The van der Waals surface area contributed by atoms with Crippen molar-refractivity contribution in [1.82, 2.24) is 13.7 Å². The largest absolute Gasteiger partial charge is 0.337 e. The third kappa shape index (κ3) is 8.84. The van der Waals surface area contributed by atoms with Crippen molar-refractivity contribution in [2.75, 3.05) is 13.1 Å². The molecule has 0 aliphatic carbocycles. The van der Waals surface area contributed by atoms with E-state index in [1.54, 1.807) is 0 Å². The Morgan fingerprint density at radius 1 is 0.516 bits per heavy atom. The van der Waals surface area contributed by atoms with Crippen molar-refractivity contribution in [1.29, 1.82) is 0 Å². The lowest BCUT2D eigenvalue weighted by atomic mass is 10.2. The molecule has 0 fully saturated rings. The first-order valence-electron chi connectivity index (χ1n) is 10.1. The normalized spacial score (nSPS) is 10.1. The highest BCUT2D eigenvalue weighted by Crippen LogP contribution is 2.02. The van der Waals surface area contributed by atoms with Crippen LogP contribution in [0.5, 0.6) is 0 Å². The molecule has 0 aliphatic heterocycles. The number of carbonyl (C=O) groups excluding carboxylic acids is 3. The summed E-state index contributed by atoms with van der Waals surface area (Å²) < 4.78 is 2.69. The van der Waals surface area contributed by atoms with Gasteiger partial charge >= 0.3 is 17.1 Å². The average molecular weight is 434 g/mol. The Labute approximate surface area is 177 Å². The lowest BCUT2D eigenvalue weighted by Gasteiger charge is -2.12. The molecule has 0 N–H and O–H groups in total. The van der Waals surface area contributed by atoms with Crippen LogP contribution < -0.4 is 17.1 Å². The van der Waals surface area contributed by atoms with Crippen molar-refractivity contribution in [3.05, 3.63) is 31.5 Å². The topological polar surface area (TPSA) is 154 Å². The number of rotatable bonds is 16. The van der Waals surface area contributed by atoms with Crippen LogP contribution in [0.4, 0.5) is 0 Å². The zero-order valence-electron chi connectivity index (χ0n) is 17.3. The first kappa shape index (κ1) is 25.6. The molecule has 0 bridgehead atoms. The molecule has 0 saturated heterocycles. The predicted octanol–water partition coefficient (Wildman–Crippen LogP) is 0.257. The SMILES string of the molecule is O=C=NCCCCCCn1c(=O)n(CCCCCCN=C=O)c(=O)n(CN=C=O)c1=O. The van der Waals surface area contributed by atoms with Gasteiger partial charge in [-0.05, 0) is 25.7 Å². The summed E-state index contributed by atoms with van der Waals surface area (Å²) in [6.07, 6.45) is 9.57. The number of hydrogen-bond donors (Lipinski definition) is 0. The quantitative estimate of drug-likeness (QED) is 0.206. The van der Waals surface area contributed by atoms with Gasteiger partial charge in [-0.3, -0.25) is 0 Å². The second-order valence-electron chi connectivity index (χ2n) is 6.74. The molecule has 12 heteroatoms. The maximum Gasteiger partial charge on any atom is 0.337 e. The maximum absolute atomic E-state index is 12.7. The van der Waals surface area contributed by atoms with Gasteiger partial charge in [0.05, 0.1) is 13.1 Å². The van der Waals surface area contributed by atoms with Crippen molar-refractivity contribution in [3.63, 3.8) is 0 Å². The predicted molar refractivity (Wildman–Crippen MR) is 110 cm³/mol. The number of aromatic nitrogens is 3. The molecule has 0 radical (unpaired) electrons. The van der Waals surface area contributed by atoms with E-state index in [0.29, 0.717) is 51.6 Å². The highest BCUT2D eigenvalue weighted by molar-refractivity contribution is 5.33. The summed E-state index contributed by atoms with van der Waals surface area (Å²) in [6, 6.07) is 0. The van der Waals surface area contributed by atoms with Gasteiger partial charge in [0.1, 0.15) is 6.67 Å². The second-order valence-corrected chi connectivity index (χ2v) is 6.74. The van der Waals surface area contributed by atoms with E-state index in [2.05, 4.69) is 15.0 Å². The van der Waals surface area contributed by atoms with Gasteiger partial charge in [-0.1, -0.05) is 25.7 Å². The van der Waals surface area contributed by atoms with E-state index >= 15 is 0 Å². The highest BCUT2D eigenvalue weighted by Gasteiger charge is 2.14. The van der Waals surface area contributed by atoms with E-state index in [0.717, 1.165) is 26.5 Å². The van der Waals surface area contributed by atoms with Crippen LogP contribution in [-0.4, -0.2) is 45.0 Å². The Morgan fingerprint density at radius 2 is 0.903 bits per heavy atom. The van der Waals surface area contributed by atoms with Crippen LogP contribution in [0.25, 0.3) is 0 Å². The van der Waals surface area contributed by atoms with E-state index in [1.807, 2.05) is 0 Å². The maximum atomic E-state index is 12.7. The van der Waals surface area contributed by atoms with E-state index in [-0.39, 0.29) is 13.1 Å². The fourth-order valence-corrected chi connectivity index (χ4v) is 3.01. The van der Waals surface area contributed by atoms with Crippen molar-refractivity contribution in [3.8, 4) is 0 Å². The van der Waals surface area contributed by atoms with Crippen LogP contribution in [0, 0.1) is 0 Å². The molecule has 0 saturated carbocycles. The highest BCUT2D eigenvalue weighted by atomic mass is 16.2. The van der Waals surface area contributed by atoms with Crippen LogP contribution in [0.3, 0.4) is 0 Å². The molecule has 0 amide bonds. The Kier molecular flexibility index (Phi) is 12.7. The molecule has 0 aliphatic rings. The van der Waals surface area contributed by atoms with Gasteiger partial charge in [0, 0.05) is 13.1 Å². The Balaban J connectivity index is 2.91. The Bertz CT molecular complexity index is 952. The van der Waals surface area contributed by atoms with Crippen molar-refractivity contribution < 1.29 is 14.4 Å². The third-order valence-electron chi connectivity index (χ3n) is 4.59. The van der Waals surface area contributed by atoms with Gasteiger partial charge in [-0.25, -0.2) is 52.5 Å². The summed E-state index contributed by atoms with van der Waals surface area (Å²) in [7, 11) is 0. The van der Waals surface area contributed by atoms with Crippen molar-refractivity contribution in [2.24, 2.45) is 15.0 Å². The lowest BCUT2D eigenvalue weighted by molar-refractivity contribution is 0.424. The smallest absolute Gasteiger partial charge is 0.247 e. The first-order chi connectivity index (χ1) is 15.1. The zero-order valence-corrected chi connectivity index (χ0v) is 17.3. The van der Waals surface area contributed by atoms with E-state index < -0.39 is 23.7 Å². The van der Waals surface area contributed by atoms with Crippen LogP contribution in [0.1, 0.15) is 51.4 Å². The number of unbranched alkanes of at least 4 members (excludes halogenated alkanes) is 6. The van der Waals surface area contributed by atoms with Crippen LogP contribution in [-0.2, 0) is 34.1 Å². The van der Waals surface area contributed by atoms with Gasteiger partial charge in [0.15, 0.2) is 0 Å². The molecule has 168 valence electrons. The molecule has 0 spiro atoms. The van der Waals surface area contributed by atoms with E-state index in [1.165, 1.54) is 18.2 Å². The minimum Gasteiger partial charge on any atom is -0.247 e. The number of isocyanates is 3. The fourth-order valence-electron chi connectivity index (χ4n) is 3.01. The fraction of sp³-hybridized carbons (Fsp3) is 0.684. The van der Waals surface area contributed by atoms with Gasteiger partial charge in [-0.15, -0.1) is 0 Å². The summed E-state index contributed by atoms with van der Waals surface area (Å²) >= 11 is 0. The number of nitrogens with zero attached hydrogens (tertiary/aromatic N) is 6. The molecule has 31 heavy (non-hydrogen) atoms. The molecule has 1 aromatic heterocycles. The van der Waals surface area contributed by atoms with Crippen LogP contribution in [0.2, 0.25) is 0 Å². The van der Waals surface area contributed by atoms with Crippen molar-refractivity contribution in [2.45, 2.75) is 71.1 Å². The van der Waals surface area contributed by atoms with Gasteiger partial charge in [0.2, 0.25) is 18.2 Å². The van der Waals surface area contributed by atoms with E-state index in [9.17, 15) is 28.8 Å². The zero-order chi connectivity index (χ0) is 22.9. The summed E-state index contributed by atoms with van der Waals surface area (Å²) in [5.74, 6) is 0. The third-order valence-corrected chi connectivity index (χ3v) is 4.59. The summed E-state index contributed by atoms with van der Waals surface area (Å²) in [6.45, 7) is 0.486. The minimum absolute atomic E-state index is 0.114. The van der Waals surface area contributed by atoms with Gasteiger partial charge in [0.25, 0.3) is 0 Å². The molecule has 1 aromatic rings. The first-order valence-corrected chi connectivity index (χ1v) is 10.1. The van der Waals surface area contributed by atoms with Gasteiger partial charge < -0.3 is 0 Å². The lowest BCUT2D eigenvalue weighted by Crippen LogP contribution is -2.54. The molecule has 0 atom stereocenters. The Hall–Kier alpha value is -3.45. The van der Waals surface area contributed by atoms with Crippen LogP contribution in [0.15, 0.2) is 29.4 Å². The molecular formula is C19H26N6O6. The molecule has 0 unspecified atom stereocenters. The second kappa shape index (κ2) is 15.4. The summed E-state index contributed by atoms with van der Waals surface area (Å²) in [5, 5.41) is 0. The van der Waals surface area contributed by atoms with E-state index in [4.69, 9.17) is 0 Å².